The molecule has 5 rings (SSSR count). The summed E-state index contributed by atoms with van der Waals surface area (Å²) in [6.45, 7) is 2.25. The molecule has 4 aromatic rings. The Labute approximate surface area is 173 Å². The van der Waals surface area contributed by atoms with Crippen molar-refractivity contribution in [3.05, 3.63) is 78.0 Å². The molecule has 2 heterocycles. The number of amides is 1. The molecule has 0 aliphatic carbocycles. The molecule has 0 N–H and O–H groups in total. The van der Waals surface area contributed by atoms with Gasteiger partial charge in [0.15, 0.2) is 6.29 Å². The Hall–Kier alpha value is -3.57. The number of morpholine rings is 1. The maximum absolute atomic E-state index is 13.5. The Balaban J connectivity index is 1.80. The summed E-state index contributed by atoms with van der Waals surface area (Å²) in [5.74, 6) is -0.0115. The third-order valence-corrected chi connectivity index (χ3v) is 5.60. The Morgan fingerprint density at radius 2 is 1.70 bits per heavy atom. The second kappa shape index (κ2) is 7.69. The molecule has 0 saturated carbocycles. The number of carbonyl (C=O) groups excluding carboxylic acids is 2. The predicted octanol–water partition coefficient (Wildman–Crippen LogP) is 4.34. The van der Waals surface area contributed by atoms with E-state index in [2.05, 4.69) is 23.2 Å². The van der Waals surface area contributed by atoms with Gasteiger partial charge in [-0.1, -0.05) is 42.5 Å². The van der Waals surface area contributed by atoms with E-state index in [1.54, 1.807) is 6.07 Å². The topological polar surface area (TPSA) is 59.5 Å². The van der Waals surface area contributed by atoms with Crippen molar-refractivity contribution in [1.29, 1.82) is 0 Å². The summed E-state index contributed by atoms with van der Waals surface area (Å²) in [4.78, 5) is 31.0. The molecule has 5 nitrogen and oxygen atoms in total. The average molecular weight is 396 g/mol. The van der Waals surface area contributed by atoms with E-state index in [1.165, 1.54) is 0 Å². The van der Waals surface area contributed by atoms with E-state index in [-0.39, 0.29) is 5.91 Å². The van der Waals surface area contributed by atoms with Crippen molar-refractivity contribution >= 4 is 33.9 Å². The average Bonchev–Trinajstić information content (AvgIpc) is 2.82. The van der Waals surface area contributed by atoms with Gasteiger partial charge in [-0.15, -0.1) is 0 Å². The lowest BCUT2D eigenvalue weighted by molar-refractivity contribution is 0.0303. The molecule has 30 heavy (non-hydrogen) atoms. The fraction of sp³-hybridized carbons (Fsp3) is 0.160. The van der Waals surface area contributed by atoms with Crippen molar-refractivity contribution in [2.75, 3.05) is 26.3 Å². The fourth-order valence-electron chi connectivity index (χ4n) is 4.13. The number of benzene rings is 3. The van der Waals surface area contributed by atoms with Crippen LogP contribution in [0.1, 0.15) is 20.8 Å². The number of nitrogens with zero attached hydrogens (tertiary/aromatic N) is 2. The molecule has 0 bridgehead atoms. The van der Waals surface area contributed by atoms with E-state index in [1.807, 2.05) is 47.4 Å². The molecule has 3 aromatic carbocycles. The van der Waals surface area contributed by atoms with E-state index >= 15 is 0 Å². The number of aldehydes is 1. The zero-order chi connectivity index (χ0) is 20.5. The second-order valence-electron chi connectivity index (χ2n) is 7.34. The van der Waals surface area contributed by atoms with Crippen molar-refractivity contribution < 1.29 is 14.3 Å². The van der Waals surface area contributed by atoms with Gasteiger partial charge in [0.1, 0.15) is 5.69 Å². The van der Waals surface area contributed by atoms with Gasteiger partial charge in [0, 0.05) is 29.6 Å². The highest BCUT2D eigenvalue weighted by Crippen LogP contribution is 2.37. The zero-order valence-electron chi connectivity index (χ0n) is 16.4. The first-order valence-corrected chi connectivity index (χ1v) is 10.0. The number of carbonyl (C=O) groups is 2. The Bertz CT molecular complexity index is 1270. The summed E-state index contributed by atoms with van der Waals surface area (Å²) in [6.07, 6.45) is 0.740. The van der Waals surface area contributed by atoms with Crippen LogP contribution in [0.3, 0.4) is 0 Å². The first-order valence-electron chi connectivity index (χ1n) is 10.0. The first kappa shape index (κ1) is 18.5. The van der Waals surface area contributed by atoms with Crippen molar-refractivity contribution in [2.45, 2.75) is 0 Å². The largest absolute Gasteiger partial charge is 0.378 e. The van der Waals surface area contributed by atoms with Crippen LogP contribution in [0.25, 0.3) is 32.8 Å². The number of rotatable bonds is 3. The second-order valence-corrected chi connectivity index (χ2v) is 7.34. The molecule has 0 unspecified atom stereocenters. The SMILES string of the molecule is O=Cc1ccc2c(-c3cccc4ccccc34)c(C(=O)N3CCOCC3)ccc2n1. The van der Waals surface area contributed by atoms with Gasteiger partial charge < -0.3 is 9.64 Å². The van der Waals surface area contributed by atoms with Gasteiger partial charge >= 0.3 is 0 Å². The Kier molecular flexibility index (Phi) is 4.73. The monoisotopic (exact) mass is 396 g/mol. The lowest BCUT2D eigenvalue weighted by atomic mass is 9.90. The van der Waals surface area contributed by atoms with Crippen LogP contribution in [-0.4, -0.2) is 48.4 Å². The maximum atomic E-state index is 13.5. The molecule has 5 heteroatoms. The summed E-state index contributed by atoms with van der Waals surface area (Å²) in [5.41, 5.74) is 3.54. The van der Waals surface area contributed by atoms with Crippen molar-refractivity contribution in [3.8, 4) is 11.1 Å². The van der Waals surface area contributed by atoms with Crippen LogP contribution >= 0.6 is 0 Å². The molecular formula is C25H20N2O3. The highest BCUT2D eigenvalue weighted by Gasteiger charge is 2.24. The van der Waals surface area contributed by atoms with Crippen LogP contribution in [0.5, 0.6) is 0 Å². The number of hydrogen-bond acceptors (Lipinski definition) is 4. The molecule has 0 spiro atoms. The predicted molar refractivity (Wildman–Crippen MR) is 117 cm³/mol. The van der Waals surface area contributed by atoms with Gasteiger partial charge in [0.25, 0.3) is 5.91 Å². The van der Waals surface area contributed by atoms with Gasteiger partial charge in [-0.05, 0) is 40.6 Å². The number of aromatic nitrogens is 1. The zero-order valence-corrected chi connectivity index (χ0v) is 16.4. The summed E-state index contributed by atoms with van der Waals surface area (Å²) >= 11 is 0. The van der Waals surface area contributed by atoms with Crippen LogP contribution in [0.4, 0.5) is 0 Å². The van der Waals surface area contributed by atoms with Crippen molar-refractivity contribution in [1.82, 2.24) is 9.88 Å². The van der Waals surface area contributed by atoms with E-state index in [4.69, 9.17) is 4.74 Å². The molecule has 1 aliphatic heterocycles. The van der Waals surface area contributed by atoms with E-state index in [0.29, 0.717) is 43.1 Å². The Morgan fingerprint density at radius 3 is 2.53 bits per heavy atom. The molecular weight excluding hydrogens is 376 g/mol. The fourth-order valence-corrected chi connectivity index (χ4v) is 4.13. The number of hydrogen-bond donors (Lipinski definition) is 0. The van der Waals surface area contributed by atoms with Gasteiger partial charge in [0.05, 0.1) is 18.7 Å². The normalized spacial score (nSPS) is 14.2. The van der Waals surface area contributed by atoms with Crippen LogP contribution in [0.2, 0.25) is 0 Å². The van der Waals surface area contributed by atoms with Crippen LogP contribution in [-0.2, 0) is 4.74 Å². The lowest BCUT2D eigenvalue weighted by Crippen LogP contribution is -2.40. The van der Waals surface area contributed by atoms with Crippen LogP contribution < -0.4 is 0 Å². The molecule has 1 amide bonds. The third-order valence-electron chi connectivity index (χ3n) is 5.60. The summed E-state index contributed by atoms with van der Waals surface area (Å²) in [6, 6.07) is 21.5. The first-order chi connectivity index (χ1) is 14.8. The minimum Gasteiger partial charge on any atom is -0.378 e. The maximum Gasteiger partial charge on any atom is 0.254 e. The third kappa shape index (κ3) is 3.13. The number of pyridine rings is 1. The molecule has 0 radical (unpaired) electrons. The molecule has 1 saturated heterocycles. The van der Waals surface area contributed by atoms with E-state index < -0.39 is 0 Å². The minimum atomic E-state index is -0.0115. The number of ether oxygens (including phenoxy) is 1. The van der Waals surface area contributed by atoms with Gasteiger partial charge in [-0.3, -0.25) is 9.59 Å². The summed E-state index contributed by atoms with van der Waals surface area (Å²) in [7, 11) is 0. The summed E-state index contributed by atoms with van der Waals surface area (Å²) in [5, 5.41) is 3.04. The summed E-state index contributed by atoms with van der Waals surface area (Å²) < 4.78 is 5.42. The molecule has 0 atom stereocenters. The minimum absolute atomic E-state index is 0.0115. The molecule has 1 aliphatic rings. The van der Waals surface area contributed by atoms with Gasteiger partial charge in [-0.25, -0.2) is 4.98 Å². The standard InChI is InChI=1S/C25H20N2O3/c28-16-18-8-9-21-23(26-18)11-10-22(25(29)27-12-14-30-15-13-27)24(21)20-7-3-5-17-4-1-2-6-19(17)20/h1-11,16H,12-15H2. The van der Waals surface area contributed by atoms with Crippen LogP contribution in [0.15, 0.2) is 66.7 Å². The van der Waals surface area contributed by atoms with Gasteiger partial charge in [0.2, 0.25) is 0 Å². The number of fused-ring (bicyclic) bond motifs is 2. The molecule has 148 valence electrons. The quantitative estimate of drug-likeness (QED) is 0.484. The molecule has 1 aromatic heterocycles. The van der Waals surface area contributed by atoms with Crippen LogP contribution in [0, 0.1) is 0 Å². The van der Waals surface area contributed by atoms with Crippen molar-refractivity contribution in [2.24, 2.45) is 0 Å². The van der Waals surface area contributed by atoms with Gasteiger partial charge in [-0.2, -0.15) is 0 Å². The highest BCUT2D eigenvalue weighted by molar-refractivity contribution is 6.13. The highest BCUT2D eigenvalue weighted by atomic mass is 16.5. The van der Waals surface area contributed by atoms with E-state index in [9.17, 15) is 9.59 Å². The lowest BCUT2D eigenvalue weighted by Gasteiger charge is -2.28. The Morgan fingerprint density at radius 1 is 0.900 bits per heavy atom. The van der Waals surface area contributed by atoms with Crippen molar-refractivity contribution in [3.63, 3.8) is 0 Å². The smallest absolute Gasteiger partial charge is 0.254 e. The molecule has 1 fully saturated rings. The van der Waals surface area contributed by atoms with E-state index in [0.717, 1.165) is 33.6 Å².